The summed E-state index contributed by atoms with van der Waals surface area (Å²) in [4.78, 5) is 12.4. The van der Waals surface area contributed by atoms with Crippen LogP contribution >= 0.6 is 11.8 Å². The maximum absolute atomic E-state index is 13.8. The minimum atomic E-state index is -0.486. The number of nitrogens with one attached hydrogen (secondary N) is 1. The Labute approximate surface area is 182 Å². The van der Waals surface area contributed by atoms with Gasteiger partial charge in [-0.25, -0.2) is 4.39 Å². The van der Waals surface area contributed by atoms with Gasteiger partial charge in [-0.1, -0.05) is 23.9 Å². The lowest BCUT2D eigenvalue weighted by atomic mass is 10.2. The summed E-state index contributed by atoms with van der Waals surface area (Å²) in [6, 6.07) is 15.3. The zero-order chi connectivity index (χ0) is 21.8. The summed E-state index contributed by atoms with van der Waals surface area (Å²) in [6.45, 7) is 1.84. The maximum Gasteiger partial charge on any atom is 0.234 e. The highest BCUT2D eigenvalue weighted by Gasteiger charge is 2.20. The van der Waals surface area contributed by atoms with Crippen molar-refractivity contribution in [2.75, 3.05) is 18.2 Å². The average molecular weight is 438 g/mol. The minimum absolute atomic E-state index is 0.0347. The summed E-state index contributed by atoms with van der Waals surface area (Å²) in [5.41, 5.74) is 1.74. The van der Waals surface area contributed by atoms with Gasteiger partial charge in [0.2, 0.25) is 5.91 Å². The van der Waals surface area contributed by atoms with Crippen LogP contribution in [0.25, 0.3) is 17.1 Å². The number of furan rings is 1. The second kappa shape index (κ2) is 9.05. The molecule has 2 aromatic carbocycles. The topological polar surface area (TPSA) is 82.2 Å². The van der Waals surface area contributed by atoms with Crippen LogP contribution in [-0.2, 0) is 4.79 Å². The predicted molar refractivity (Wildman–Crippen MR) is 116 cm³/mol. The molecule has 0 bridgehead atoms. The molecule has 4 rings (SSSR count). The van der Waals surface area contributed by atoms with Crippen molar-refractivity contribution in [3.63, 3.8) is 0 Å². The van der Waals surface area contributed by atoms with Gasteiger partial charge >= 0.3 is 0 Å². The van der Waals surface area contributed by atoms with Crippen molar-refractivity contribution < 1.29 is 18.3 Å². The molecule has 2 heterocycles. The number of para-hydroxylation sites is 1. The molecule has 0 fully saturated rings. The van der Waals surface area contributed by atoms with Gasteiger partial charge in [0.25, 0.3) is 0 Å². The fraction of sp³-hybridized carbons (Fsp3) is 0.136. The number of benzene rings is 2. The highest BCUT2D eigenvalue weighted by molar-refractivity contribution is 7.99. The van der Waals surface area contributed by atoms with E-state index in [4.69, 9.17) is 9.15 Å². The van der Waals surface area contributed by atoms with E-state index in [2.05, 4.69) is 15.5 Å². The van der Waals surface area contributed by atoms with Crippen LogP contribution in [0.15, 0.2) is 70.4 Å². The summed E-state index contributed by atoms with van der Waals surface area (Å²) < 4.78 is 26.3. The van der Waals surface area contributed by atoms with Gasteiger partial charge in [-0.15, -0.1) is 10.2 Å². The van der Waals surface area contributed by atoms with Crippen molar-refractivity contribution in [1.29, 1.82) is 0 Å². The number of thioether (sulfide) groups is 1. The average Bonchev–Trinajstić information content (AvgIpc) is 3.39. The molecule has 7 nitrogen and oxygen atoms in total. The Kier molecular flexibility index (Phi) is 6.03. The van der Waals surface area contributed by atoms with Crippen molar-refractivity contribution >= 4 is 23.4 Å². The number of nitrogens with zero attached hydrogens (tertiary/aromatic N) is 3. The first kappa shape index (κ1) is 20.7. The fourth-order valence-electron chi connectivity index (χ4n) is 3.00. The molecule has 0 atom stereocenters. The van der Waals surface area contributed by atoms with Crippen LogP contribution < -0.4 is 10.1 Å². The van der Waals surface area contributed by atoms with Gasteiger partial charge in [0.05, 0.1) is 36.1 Å². The molecule has 1 N–H and O–H groups in total. The molecule has 4 aromatic rings. The third-order valence-corrected chi connectivity index (χ3v) is 5.47. The second-order valence-electron chi connectivity index (χ2n) is 6.55. The highest BCUT2D eigenvalue weighted by Crippen LogP contribution is 2.31. The first-order chi connectivity index (χ1) is 15.1. The number of anilines is 1. The quantitative estimate of drug-likeness (QED) is 0.421. The highest BCUT2D eigenvalue weighted by atomic mass is 32.2. The van der Waals surface area contributed by atoms with Crippen molar-refractivity contribution in [3.05, 3.63) is 72.4 Å². The van der Waals surface area contributed by atoms with Crippen LogP contribution in [0.3, 0.4) is 0 Å². The first-order valence-electron chi connectivity index (χ1n) is 9.38. The number of amides is 1. The predicted octanol–water partition coefficient (Wildman–Crippen LogP) is 4.71. The normalized spacial score (nSPS) is 10.8. The fourth-order valence-corrected chi connectivity index (χ4v) is 3.75. The van der Waals surface area contributed by atoms with Crippen molar-refractivity contribution in [1.82, 2.24) is 14.8 Å². The molecular weight excluding hydrogens is 419 g/mol. The molecule has 0 radical (unpaired) electrons. The van der Waals surface area contributed by atoms with Crippen LogP contribution in [0.1, 0.15) is 5.76 Å². The Morgan fingerprint density at radius 2 is 1.94 bits per heavy atom. The van der Waals surface area contributed by atoms with Gasteiger partial charge in [0, 0.05) is 0 Å². The van der Waals surface area contributed by atoms with E-state index in [0.717, 1.165) is 17.0 Å². The number of hydrogen-bond donors (Lipinski definition) is 1. The van der Waals surface area contributed by atoms with E-state index in [-0.39, 0.29) is 17.3 Å². The molecule has 158 valence electrons. The molecule has 31 heavy (non-hydrogen) atoms. The Bertz CT molecular complexity index is 1200. The number of methoxy groups -OCH3 is 1. The van der Waals surface area contributed by atoms with Crippen LogP contribution in [0.4, 0.5) is 10.1 Å². The van der Waals surface area contributed by atoms with Gasteiger partial charge in [-0.3, -0.25) is 9.36 Å². The van der Waals surface area contributed by atoms with Crippen molar-refractivity contribution in [2.24, 2.45) is 0 Å². The summed E-state index contributed by atoms with van der Waals surface area (Å²) in [5, 5.41) is 11.7. The van der Waals surface area contributed by atoms with E-state index in [1.54, 1.807) is 25.5 Å². The number of ether oxygens (including phenoxy) is 1. The van der Waals surface area contributed by atoms with Gasteiger partial charge in [-0.05, 0) is 49.4 Å². The van der Waals surface area contributed by atoms with Gasteiger partial charge < -0.3 is 14.5 Å². The molecule has 0 aliphatic heterocycles. The van der Waals surface area contributed by atoms with E-state index < -0.39 is 5.82 Å². The zero-order valence-electron chi connectivity index (χ0n) is 16.8. The molecule has 0 aliphatic carbocycles. The molecule has 0 saturated carbocycles. The Hall–Kier alpha value is -3.59. The smallest absolute Gasteiger partial charge is 0.234 e. The second-order valence-corrected chi connectivity index (χ2v) is 7.49. The molecule has 0 spiro atoms. The lowest BCUT2D eigenvalue weighted by molar-refractivity contribution is -0.113. The van der Waals surface area contributed by atoms with Crippen molar-refractivity contribution in [3.8, 4) is 22.8 Å². The lowest BCUT2D eigenvalue weighted by Crippen LogP contribution is -2.15. The molecular formula is C22H19FN4O3S. The van der Waals surface area contributed by atoms with Crippen LogP contribution in [0.5, 0.6) is 5.75 Å². The van der Waals surface area contributed by atoms with Crippen LogP contribution in [-0.4, -0.2) is 33.5 Å². The molecule has 0 aliphatic rings. The standard InChI is InChI=1S/C22H19FN4O3S/c1-14-17(11-12-30-14)21-25-26-22(27(21)15-7-9-16(29-2)10-8-15)31-13-20(28)24-19-6-4-3-5-18(19)23/h3-12H,13H2,1-2H3,(H,24,28). The van der Waals surface area contributed by atoms with E-state index in [9.17, 15) is 9.18 Å². The number of hydrogen-bond acceptors (Lipinski definition) is 6. The summed E-state index contributed by atoms with van der Waals surface area (Å²) in [7, 11) is 1.60. The van der Waals surface area contributed by atoms with E-state index in [0.29, 0.717) is 16.7 Å². The van der Waals surface area contributed by atoms with Crippen LogP contribution in [0.2, 0.25) is 0 Å². The minimum Gasteiger partial charge on any atom is -0.497 e. The molecule has 2 aromatic heterocycles. The maximum atomic E-state index is 13.8. The summed E-state index contributed by atoms with van der Waals surface area (Å²) in [5.74, 6) is 1.22. The van der Waals surface area contributed by atoms with E-state index in [1.165, 1.54) is 23.9 Å². The van der Waals surface area contributed by atoms with E-state index >= 15 is 0 Å². The summed E-state index contributed by atoms with van der Waals surface area (Å²) >= 11 is 1.20. The van der Waals surface area contributed by atoms with Crippen molar-refractivity contribution in [2.45, 2.75) is 12.1 Å². The Morgan fingerprint density at radius 1 is 1.16 bits per heavy atom. The number of aryl methyl sites for hydroxylation is 1. The number of carbonyl (C=O) groups excluding carboxylic acids is 1. The Morgan fingerprint density at radius 3 is 2.61 bits per heavy atom. The third kappa shape index (κ3) is 4.46. The van der Waals surface area contributed by atoms with Gasteiger partial charge in [0.15, 0.2) is 11.0 Å². The molecule has 1 amide bonds. The first-order valence-corrected chi connectivity index (χ1v) is 10.4. The number of rotatable bonds is 7. The lowest BCUT2D eigenvalue weighted by Gasteiger charge is -2.11. The van der Waals surface area contributed by atoms with Crippen LogP contribution in [0, 0.1) is 12.7 Å². The molecule has 0 unspecified atom stereocenters. The third-order valence-electron chi connectivity index (χ3n) is 4.54. The molecule has 0 saturated heterocycles. The number of halogens is 1. The van der Waals surface area contributed by atoms with Gasteiger partial charge in [-0.2, -0.15) is 0 Å². The van der Waals surface area contributed by atoms with Gasteiger partial charge in [0.1, 0.15) is 17.3 Å². The summed E-state index contributed by atoms with van der Waals surface area (Å²) in [6.07, 6.45) is 1.59. The Balaban J connectivity index is 1.61. The van der Waals surface area contributed by atoms with E-state index in [1.807, 2.05) is 41.8 Å². The monoisotopic (exact) mass is 438 g/mol. The largest absolute Gasteiger partial charge is 0.497 e. The SMILES string of the molecule is COc1ccc(-n2c(SCC(=O)Nc3ccccc3F)nnc2-c2ccoc2C)cc1. The number of aromatic nitrogens is 3. The number of carbonyl (C=O) groups is 1. The molecule has 9 heteroatoms. The zero-order valence-corrected chi connectivity index (χ0v) is 17.6.